The van der Waals surface area contributed by atoms with Crippen molar-refractivity contribution in [3.63, 3.8) is 0 Å². The van der Waals surface area contributed by atoms with E-state index in [1.165, 1.54) is 0 Å². The Morgan fingerprint density at radius 3 is 2.67 bits per heavy atom. The van der Waals surface area contributed by atoms with E-state index in [4.69, 9.17) is 9.76 Å². The van der Waals surface area contributed by atoms with Crippen molar-refractivity contribution in [2.75, 3.05) is 32.8 Å². The Morgan fingerprint density at radius 2 is 2.05 bits per heavy atom. The first-order valence-electron chi connectivity index (χ1n) is 7.47. The van der Waals surface area contributed by atoms with Gasteiger partial charge >= 0.3 is 7.12 Å². The maximum Gasteiger partial charge on any atom is 0.491 e. The number of hydrogen-bond donors (Lipinski definition) is 2. The maximum absolute atomic E-state index is 10.0. The summed E-state index contributed by atoms with van der Waals surface area (Å²) in [6, 6.07) is 5.68. The number of aryl methyl sites for hydroxylation is 1. The molecule has 0 bridgehead atoms. The molecule has 0 unspecified atom stereocenters. The van der Waals surface area contributed by atoms with Crippen molar-refractivity contribution in [1.82, 2.24) is 4.90 Å². The fourth-order valence-corrected chi connectivity index (χ4v) is 2.32. The largest absolute Gasteiger partial charge is 0.491 e. The molecule has 0 aliphatic heterocycles. The van der Waals surface area contributed by atoms with Crippen LogP contribution in [0.1, 0.15) is 25.3 Å². The van der Waals surface area contributed by atoms with Crippen molar-refractivity contribution in [2.45, 2.75) is 26.7 Å². The van der Waals surface area contributed by atoms with Gasteiger partial charge in [-0.2, -0.15) is 0 Å². The average Bonchev–Trinajstić information content (AvgIpc) is 2.47. The third-order valence-corrected chi connectivity index (χ3v) is 4.28. The van der Waals surface area contributed by atoms with E-state index in [-0.39, 0.29) is 6.61 Å². The molecule has 118 valence electrons. The molecule has 0 atom stereocenters. The second kappa shape index (κ2) is 10.4. The normalized spacial score (nSPS) is 11.1. The number of aliphatic hydroxyl groups is 1. The van der Waals surface area contributed by atoms with Crippen LogP contribution in [0.15, 0.2) is 22.7 Å². The first kappa shape index (κ1) is 18.7. The Bertz CT molecular complexity index is 420. The van der Waals surface area contributed by atoms with E-state index >= 15 is 0 Å². The number of rotatable bonds is 10. The van der Waals surface area contributed by atoms with Gasteiger partial charge in [0.05, 0.1) is 6.61 Å². The van der Waals surface area contributed by atoms with E-state index in [0.717, 1.165) is 34.9 Å². The van der Waals surface area contributed by atoms with Gasteiger partial charge in [0.15, 0.2) is 0 Å². The molecule has 6 heteroatoms. The predicted molar refractivity (Wildman–Crippen MR) is 90.9 cm³/mol. The van der Waals surface area contributed by atoms with Crippen molar-refractivity contribution in [1.29, 1.82) is 0 Å². The summed E-state index contributed by atoms with van der Waals surface area (Å²) in [5, 5.41) is 19.1. The molecular formula is C15H25BBrNO3. The highest BCUT2D eigenvalue weighted by molar-refractivity contribution is 9.10. The molecule has 0 radical (unpaired) electrons. The predicted octanol–water partition coefficient (Wildman–Crippen LogP) is 1.56. The minimum Gasteiger partial charge on any atom is -0.423 e. The number of nitrogens with zero attached hydrogens (tertiary/aromatic N) is 1. The van der Waals surface area contributed by atoms with E-state index in [9.17, 15) is 5.02 Å². The summed E-state index contributed by atoms with van der Waals surface area (Å²) in [6.45, 7) is 7.04. The molecule has 0 aliphatic carbocycles. The van der Waals surface area contributed by atoms with E-state index in [0.29, 0.717) is 19.7 Å². The third-order valence-electron chi connectivity index (χ3n) is 3.39. The zero-order chi connectivity index (χ0) is 15.7. The number of aliphatic hydroxyl groups excluding tert-OH is 1. The van der Waals surface area contributed by atoms with Crippen LogP contribution >= 0.6 is 15.9 Å². The number of benzene rings is 1. The highest BCUT2D eigenvalue weighted by atomic mass is 79.9. The highest BCUT2D eigenvalue weighted by Crippen LogP contribution is 2.13. The maximum atomic E-state index is 10.0. The van der Waals surface area contributed by atoms with Crippen molar-refractivity contribution in [3.05, 3.63) is 28.2 Å². The second-order valence-electron chi connectivity index (χ2n) is 5.15. The lowest BCUT2D eigenvalue weighted by molar-refractivity contribution is 0.159. The van der Waals surface area contributed by atoms with Gasteiger partial charge in [0.1, 0.15) is 0 Å². The van der Waals surface area contributed by atoms with Gasteiger partial charge in [-0.05, 0) is 37.0 Å². The Morgan fingerprint density at radius 1 is 1.29 bits per heavy atom. The number of halogens is 1. The molecule has 0 spiro atoms. The smallest absolute Gasteiger partial charge is 0.423 e. The molecule has 0 amide bonds. The Hall–Kier alpha value is -0.395. The molecular weight excluding hydrogens is 333 g/mol. The van der Waals surface area contributed by atoms with Gasteiger partial charge in [0.25, 0.3) is 0 Å². The van der Waals surface area contributed by atoms with Crippen LogP contribution in [0.4, 0.5) is 0 Å². The highest BCUT2D eigenvalue weighted by Gasteiger charge is 2.17. The molecule has 0 aromatic heterocycles. The third kappa shape index (κ3) is 6.93. The zero-order valence-electron chi connectivity index (χ0n) is 12.9. The standard InChI is InChI=1S/C15H25BBrNO3/c1-3-4-7-18(8-10-19)9-11-21-16(20)14-5-6-15(17)13(2)12-14/h5-6,12,19-20H,3-4,7-11H2,1-2H3. The molecule has 4 nitrogen and oxygen atoms in total. The Kier molecular flexibility index (Phi) is 9.19. The zero-order valence-corrected chi connectivity index (χ0v) is 14.5. The van der Waals surface area contributed by atoms with Crippen LogP contribution in [-0.4, -0.2) is 55.0 Å². The fraction of sp³-hybridized carbons (Fsp3) is 0.600. The number of unbranched alkanes of at least 4 members (excludes halogenated alkanes) is 1. The van der Waals surface area contributed by atoms with E-state index < -0.39 is 7.12 Å². The van der Waals surface area contributed by atoms with Crippen LogP contribution in [0.5, 0.6) is 0 Å². The first-order valence-corrected chi connectivity index (χ1v) is 8.26. The lowest BCUT2D eigenvalue weighted by Crippen LogP contribution is -2.38. The summed E-state index contributed by atoms with van der Waals surface area (Å²) < 4.78 is 6.52. The Balaban J connectivity index is 2.40. The molecule has 1 aromatic carbocycles. The van der Waals surface area contributed by atoms with Crippen molar-refractivity contribution in [2.24, 2.45) is 0 Å². The van der Waals surface area contributed by atoms with Gasteiger partial charge in [-0.25, -0.2) is 0 Å². The van der Waals surface area contributed by atoms with Gasteiger partial charge in [0, 0.05) is 24.2 Å². The molecule has 1 rings (SSSR count). The summed E-state index contributed by atoms with van der Waals surface area (Å²) in [5.41, 5.74) is 1.83. The molecule has 0 fully saturated rings. The minimum absolute atomic E-state index is 0.151. The minimum atomic E-state index is -0.904. The van der Waals surface area contributed by atoms with Crippen molar-refractivity contribution >= 4 is 28.5 Å². The molecule has 0 saturated carbocycles. The molecule has 0 heterocycles. The van der Waals surface area contributed by atoms with Gasteiger partial charge in [-0.3, -0.25) is 4.90 Å². The van der Waals surface area contributed by atoms with Gasteiger partial charge in [-0.15, -0.1) is 0 Å². The van der Waals surface area contributed by atoms with Crippen molar-refractivity contribution in [3.8, 4) is 0 Å². The summed E-state index contributed by atoms with van der Waals surface area (Å²) in [7, 11) is -0.904. The van der Waals surface area contributed by atoms with Crippen molar-refractivity contribution < 1.29 is 14.8 Å². The quantitative estimate of drug-likeness (QED) is 0.624. The van der Waals surface area contributed by atoms with Crippen LogP contribution in [0.25, 0.3) is 0 Å². The summed E-state index contributed by atoms with van der Waals surface area (Å²) >= 11 is 3.44. The fourth-order valence-electron chi connectivity index (χ4n) is 2.07. The average molecular weight is 358 g/mol. The monoisotopic (exact) mass is 357 g/mol. The topological polar surface area (TPSA) is 52.9 Å². The first-order chi connectivity index (χ1) is 10.1. The van der Waals surface area contributed by atoms with Crippen LogP contribution in [-0.2, 0) is 4.65 Å². The van der Waals surface area contributed by atoms with Crippen LogP contribution < -0.4 is 5.46 Å². The van der Waals surface area contributed by atoms with Crippen LogP contribution in [0.3, 0.4) is 0 Å². The Labute approximate surface area is 136 Å². The molecule has 21 heavy (non-hydrogen) atoms. The van der Waals surface area contributed by atoms with E-state index in [1.807, 2.05) is 25.1 Å². The van der Waals surface area contributed by atoms with Gasteiger partial charge in [0.2, 0.25) is 0 Å². The second-order valence-corrected chi connectivity index (χ2v) is 6.00. The molecule has 0 saturated heterocycles. The molecule has 1 aromatic rings. The molecule has 0 aliphatic rings. The van der Waals surface area contributed by atoms with Crippen LogP contribution in [0.2, 0.25) is 0 Å². The number of hydrogen-bond acceptors (Lipinski definition) is 4. The summed E-state index contributed by atoms with van der Waals surface area (Å²) in [5.74, 6) is 0. The SMILES string of the molecule is CCCCN(CCO)CCOB(O)c1ccc(Br)c(C)c1. The van der Waals surface area contributed by atoms with Crippen LogP contribution in [0, 0.1) is 6.92 Å². The van der Waals surface area contributed by atoms with Gasteiger partial charge < -0.3 is 14.8 Å². The van der Waals surface area contributed by atoms with E-state index in [1.54, 1.807) is 0 Å². The lowest BCUT2D eigenvalue weighted by Gasteiger charge is -2.21. The van der Waals surface area contributed by atoms with Gasteiger partial charge in [-0.1, -0.05) is 41.4 Å². The lowest BCUT2D eigenvalue weighted by atomic mass is 9.79. The summed E-state index contributed by atoms with van der Waals surface area (Å²) in [4.78, 5) is 2.16. The van der Waals surface area contributed by atoms with E-state index in [2.05, 4.69) is 27.8 Å². The summed E-state index contributed by atoms with van der Waals surface area (Å²) in [6.07, 6.45) is 2.23. The molecule has 2 N–H and O–H groups in total.